The minimum atomic E-state index is -5.90. The van der Waals surface area contributed by atoms with Crippen LogP contribution in [0.25, 0.3) is 11.3 Å². The summed E-state index contributed by atoms with van der Waals surface area (Å²) in [5.74, 6) is -7.37. The van der Waals surface area contributed by atoms with Crippen molar-refractivity contribution in [2.24, 2.45) is 5.10 Å². The zero-order valence-corrected chi connectivity index (χ0v) is 17.0. The van der Waals surface area contributed by atoms with Gasteiger partial charge in [0.05, 0.1) is 17.4 Å². The fourth-order valence-electron chi connectivity index (χ4n) is 3.56. The highest BCUT2D eigenvalue weighted by molar-refractivity contribution is 5.95. The molecule has 1 aliphatic rings. The molecule has 0 radical (unpaired) electrons. The van der Waals surface area contributed by atoms with Crippen molar-refractivity contribution in [3.8, 4) is 11.3 Å². The average molecular weight is 481 g/mol. The second kappa shape index (κ2) is 8.54. The Morgan fingerprint density at radius 2 is 1.74 bits per heavy atom. The molecule has 0 spiro atoms. The van der Waals surface area contributed by atoms with Gasteiger partial charge in [-0.3, -0.25) is 14.8 Å². The van der Waals surface area contributed by atoms with Crippen molar-refractivity contribution >= 4 is 17.7 Å². The van der Waals surface area contributed by atoms with Gasteiger partial charge < -0.3 is 0 Å². The molecule has 2 heterocycles. The van der Waals surface area contributed by atoms with Crippen LogP contribution in [0, 0.1) is 11.6 Å². The Kier molecular flexibility index (Phi) is 5.88. The van der Waals surface area contributed by atoms with Crippen LogP contribution in [-0.4, -0.2) is 29.1 Å². The van der Waals surface area contributed by atoms with Crippen LogP contribution in [0.1, 0.15) is 28.4 Å². The molecule has 34 heavy (non-hydrogen) atoms. The first-order chi connectivity index (χ1) is 16.0. The van der Waals surface area contributed by atoms with Gasteiger partial charge in [-0.25, -0.2) is 8.78 Å². The molecule has 176 valence electrons. The predicted molar refractivity (Wildman–Crippen MR) is 110 cm³/mol. The van der Waals surface area contributed by atoms with Crippen molar-refractivity contribution in [1.29, 1.82) is 0 Å². The van der Waals surface area contributed by atoms with E-state index in [4.69, 9.17) is 0 Å². The molecule has 0 bridgehead atoms. The van der Waals surface area contributed by atoms with Gasteiger partial charge >= 0.3 is 12.1 Å². The molecule has 4 rings (SSSR count). The number of aromatic nitrogens is 1. The van der Waals surface area contributed by atoms with E-state index in [0.717, 1.165) is 12.1 Å². The van der Waals surface area contributed by atoms with E-state index in [2.05, 4.69) is 10.1 Å². The van der Waals surface area contributed by atoms with Crippen LogP contribution in [0.3, 0.4) is 0 Å². The first-order valence-electron chi connectivity index (χ1n) is 9.79. The van der Waals surface area contributed by atoms with Gasteiger partial charge in [0, 0.05) is 29.8 Å². The van der Waals surface area contributed by atoms with Gasteiger partial charge in [-0.15, -0.1) is 0 Å². The van der Waals surface area contributed by atoms with E-state index in [-0.39, 0.29) is 5.56 Å². The van der Waals surface area contributed by atoms with Crippen LogP contribution < -0.4 is 5.01 Å². The lowest BCUT2D eigenvalue weighted by atomic mass is 9.96. The second-order valence-electron chi connectivity index (χ2n) is 7.50. The third-order valence-corrected chi connectivity index (χ3v) is 5.27. The molecular weight excluding hydrogens is 467 g/mol. The minimum absolute atomic E-state index is 0.249. The summed E-state index contributed by atoms with van der Waals surface area (Å²) in [4.78, 5) is 15.0. The number of carbonyl (C=O) groups excluding carboxylic acids is 1. The van der Waals surface area contributed by atoms with E-state index in [0.29, 0.717) is 34.2 Å². The predicted octanol–water partition coefficient (Wildman–Crippen LogP) is 6.34. The second-order valence-corrected chi connectivity index (χ2v) is 7.50. The molecule has 1 atom stereocenters. The minimum Gasteiger partial charge on any atom is -0.298 e. The summed E-state index contributed by atoms with van der Waals surface area (Å²) in [6.07, 6.45) is -4.85. The maximum absolute atomic E-state index is 14.5. The summed E-state index contributed by atoms with van der Waals surface area (Å²) in [6, 6.07) is 10.2. The Balaban J connectivity index is 1.78. The van der Waals surface area contributed by atoms with Gasteiger partial charge in [0.1, 0.15) is 11.5 Å². The third-order valence-electron chi connectivity index (χ3n) is 5.27. The summed E-state index contributed by atoms with van der Waals surface area (Å²) < 4.78 is 95.1. The highest BCUT2D eigenvalue weighted by atomic mass is 19.4. The maximum Gasteiger partial charge on any atom is 0.459 e. The highest BCUT2D eigenvalue weighted by Gasteiger charge is 2.63. The number of carbonyl (C=O) groups is 1. The molecule has 3 aromatic rings. The molecule has 0 saturated heterocycles. The fraction of sp³-hybridized carbons (Fsp3) is 0.174. The lowest BCUT2D eigenvalue weighted by Gasteiger charge is -2.24. The summed E-state index contributed by atoms with van der Waals surface area (Å²) in [7, 11) is 0. The van der Waals surface area contributed by atoms with E-state index in [1.165, 1.54) is 36.5 Å². The Morgan fingerprint density at radius 3 is 2.35 bits per heavy atom. The standard InChI is InChI=1S/C23H14F7N3O/c24-16-5-7-19(17(25)9-16)33-20(10-21(32-33)22(26,27)23(28,29)30)15-3-1-2-14(8-15)18-6-4-13(12-34)11-31-18/h1-9,11-12,20H,10H2. The Hall–Kier alpha value is -3.76. The molecule has 0 amide bonds. The molecule has 4 nitrogen and oxygen atoms in total. The van der Waals surface area contributed by atoms with Crippen LogP contribution in [0.15, 0.2) is 65.9 Å². The van der Waals surface area contributed by atoms with Crippen molar-refractivity contribution in [3.63, 3.8) is 0 Å². The third kappa shape index (κ3) is 4.25. The van der Waals surface area contributed by atoms with Crippen molar-refractivity contribution in [1.82, 2.24) is 4.98 Å². The van der Waals surface area contributed by atoms with Crippen LogP contribution in [-0.2, 0) is 0 Å². The quantitative estimate of drug-likeness (QED) is 0.316. The van der Waals surface area contributed by atoms with E-state index >= 15 is 0 Å². The average Bonchev–Trinajstić information content (AvgIpc) is 3.24. The highest BCUT2D eigenvalue weighted by Crippen LogP contribution is 2.45. The fourth-order valence-corrected chi connectivity index (χ4v) is 3.56. The van der Waals surface area contributed by atoms with E-state index in [1.54, 1.807) is 6.07 Å². The van der Waals surface area contributed by atoms with Crippen LogP contribution in [0.5, 0.6) is 0 Å². The van der Waals surface area contributed by atoms with Gasteiger partial charge in [-0.2, -0.15) is 27.1 Å². The van der Waals surface area contributed by atoms with Crippen LogP contribution in [0.4, 0.5) is 36.4 Å². The van der Waals surface area contributed by atoms with Gasteiger partial charge in [0.15, 0.2) is 12.1 Å². The molecule has 1 aromatic heterocycles. The molecule has 0 saturated carbocycles. The first-order valence-corrected chi connectivity index (χ1v) is 9.79. The summed E-state index contributed by atoms with van der Waals surface area (Å²) >= 11 is 0. The summed E-state index contributed by atoms with van der Waals surface area (Å²) in [5.41, 5.74) is -0.497. The number of hydrogen-bond acceptors (Lipinski definition) is 4. The number of benzene rings is 2. The van der Waals surface area contributed by atoms with Crippen molar-refractivity contribution < 1.29 is 35.5 Å². The lowest BCUT2D eigenvalue weighted by molar-refractivity contribution is -0.249. The topological polar surface area (TPSA) is 45.6 Å². The number of pyridine rings is 1. The molecule has 1 aliphatic heterocycles. The van der Waals surface area contributed by atoms with Gasteiger partial charge in [-0.05, 0) is 35.9 Å². The number of alkyl halides is 5. The molecule has 0 fully saturated rings. The number of rotatable bonds is 5. The van der Waals surface area contributed by atoms with Gasteiger partial charge in [0.2, 0.25) is 0 Å². The summed E-state index contributed by atoms with van der Waals surface area (Å²) in [6.45, 7) is 0. The molecule has 0 aliphatic carbocycles. The number of halogens is 7. The molecule has 1 unspecified atom stereocenters. The Bertz CT molecular complexity index is 1260. The zero-order chi connectivity index (χ0) is 24.7. The largest absolute Gasteiger partial charge is 0.459 e. The van der Waals surface area contributed by atoms with Gasteiger partial charge in [0.25, 0.3) is 0 Å². The SMILES string of the molecule is O=Cc1ccc(-c2cccc(C3CC(C(F)(F)C(F)(F)F)=NN3c3ccc(F)cc3F)c2)nc1. The lowest BCUT2D eigenvalue weighted by Crippen LogP contribution is -2.43. The summed E-state index contributed by atoms with van der Waals surface area (Å²) in [5, 5.41) is 4.13. The van der Waals surface area contributed by atoms with E-state index < -0.39 is 47.6 Å². The number of anilines is 1. The normalized spacial score (nSPS) is 16.5. The smallest absolute Gasteiger partial charge is 0.298 e. The molecule has 2 aromatic carbocycles. The molecule has 0 N–H and O–H groups in total. The van der Waals surface area contributed by atoms with Crippen molar-refractivity contribution in [2.45, 2.75) is 24.6 Å². The van der Waals surface area contributed by atoms with Crippen molar-refractivity contribution in [3.05, 3.63) is 83.6 Å². The number of hydrogen-bond donors (Lipinski definition) is 0. The number of aldehydes is 1. The van der Waals surface area contributed by atoms with E-state index in [9.17, 15) is 35.5 Å². The van der Waals surface area contributed by atoms with Gasteiger partial charge in [-0.1, -0.05) is 18.2 Å². The molecule has 11 heteroatoms. The first kappa shape index (κ1) is 23.4. The Labute approximate surface area is 188 Å². The maximum atomic E-state index is 14.5. The Morgan fingerprint density at radius 1 is 0.971 bits per heavy atom. The van der Waals surface area contributed by atoms with E-state index in [1.807, 2.05) is 0 Å². The van der Waals surface area contributed by atoms with Crippen LogP contribution >= 0.6 is 0 Å². The number of hydrazone groups is 1. The zero-order valence-electron chi connectivity index (χ0n) is 17.0. The molecular formula is C23H14F7N3O. The number of nitrogens with zero attached hydrogens (tertiary/aromatic N) is 3. The monoisotopic (exact) mass is 481 g/mol. The van der Waals surface area contributed by atoms with Crippen LogP contribution in [0.2, 0.25) is 0 Å². The van der Waals surface area contributed by atoms with Crippen molar-refractivity contribution in [2.75, 3.05) is 5.01 Å².